The fraction of sp³-hybridized carbons (Fsp3) is 0.385. The number of nitrogens with zero attached hydrogens (tertiary/aromatic N) is 1. The quantitative estimate of drug-likeness (QED) is 0.852. The van der Waals surface area contributed by atoms with Crippen molar-refractivity contribution in [2.75, 3.05) is 6.54 Å². The number of carbonyl (C=O) groups excluding carboxylic acids is 1. The molecule has 0 aliphatic heterocycles. The first-order valence-electron chi connectivity index (χ1n) is 5.65. The molecule has 2 N–H and O–H groups in total. The Kier molecular flexibility index (Phi) is 4.31. The predicted octanol–water partition coefficient (Wildman–Crippen LogP) is 1.64. The third kappa shape index (κ3) is 3.23. The maximum atomic E-state index is 12.2. The molecular weight excluding hydrogens is 234 g/mol. The van der Waals surface area contributed by atoms with Gasteiger partial charge in [-0.2, -0.15) is 0 Å². The predicted molar refractivity (Wildman–Crippen MR) is 66.7 cm³/mol. The van der Waals surface area contributed by atoms with Gasteiger partial charge in [0.15, 0.2) is 0 Å². The van der Waals surface area contributed by atoms with Gasteiger partial charge in [0, 0.05) is 6.04 Å². The molecule has 5 heteroatoms. The van der Waals surface area contributed by atoms with Crippen molar-refractivity contribution in [3.05, 3.63) is 29.3 Å². The molecule has 5 nitrogen and oxygen atoms in total. The van der Waals surface area contributed by atoms with Crippen LogP contribution in [0.2, 0.25) is 0 Å². The standard InChI is InChI=1S/C13H17NO4/c1-8(2)14(7-12(16)17)13(18)10-5-4-9(3)6-11(10)15/h4-6,8,15H,7H2,1-3H3,(H,16,17). The number of hydrogen-bond donors (Lipinski definition) is 2. The van der Waals surface area contributed by atoms with Crippen molar-refractivity contribution in [3.8, 4) is 5.75 Å². The Morgan fingerprint density at radius 1 is 1.33 bits per heavy atom. The first-order chi connectivity index (χ1) is 8.32. The van der Waals surface area contributed by atoms with Gasteiger partial charge in [-0.25, -0.2) is 0 Å². The number of aryl methyl sites for hydroxylation is 1. The molecule has 0 heterocycles. The molecule has 0 spiro atoms. The minimum atomic E-state index is -1.08. The van der Waals surface area contributed by atoms with Crippen molar-refractivity contribution < 1.29 is 19.8 Å². The monoisotopic (exact) mass is 251 g/mol. The van der Waals surface area contributed by atoms with Gasteiger partial charge in [-0.05, 0) is 38.5 Å². The Hall–Kier alpha value is -2.04. The van der Waals surface area contributed by atoms with Crippen LogP contribution in [-0.2, 0) is 4.79 Å². The molecule has 0 fully saturated rings. The molecule has 18 heavy (non-hydrogen) atoms. The van der Waals surface area contributed by atoms with Crippen molar-refractivity contribution in [3.63, 3.8) is 0 Å². The van der Waals surface area contributed by atoms with Gasteiger partial charge in [-0.15, -0.1) is 0 Å². The van der Waals surface area contributed by atoms with Crippen molar-refractivity contribution in [2.24, 2.45) is 0 Å². The van der Waals surface area contributed by atoms with Crippen LogP contribution in [0, 0.1) is 6.92 Å². The maximum Gasteiger partial charge on any atom is 0.323 e. The Morgan fingerprint density at radius 3 is 2.39 bits per heavy atom. The van der Waals surface area contributed by atoms with Gasteiger partial charge >= 0.3 is 5.97 Å². The van der Waals surface area contributed by atoms with E-state index in [2.05, 4.69) is 0 Å². The topological polar surface area (TPSA) is 77.8 Å². The van der Waals surface area contributed by atoms with Crippen LogP contribution >= 0.6 is 0 Å². The van der Waals surface area contributed by atoms with Crippen LogP contribution in [-0.4, -0.2) is 39.6 Å². The minimum Gasteiger partial charge on any atom is -0.507 e. The average Bonchev–Trinajstić information content (AvgIpc) is 2.24. The zero-order chi connectivity index (χ0) is 13.9. The van der Waals surface area contributed by atoms with Gasteiger partial charge in [0.1, 0.15) is 12.3 Å². The first-order valence-corrected chi connectivity index (χ1v) is 5.65. The number of rotatable bonds is 4. The van der Waals surface area contributed by atoms with Gasteiger partial charge in [-0.1, -0.05) is 6.07 Å². The number of carbonyl (C=O) groups is 2. The van der Waals surface area contributed by atoms with E-state index in [-0.39, 0.29) is 23.9 Å². The van der Waals surface area contributed by atoms with Crippen molar-refractivity contribution >= 4 is 11.9 Å². The van der Waals surface area contributed by atoms with E-state index in [0.29, 0.717) is 0 Å². The van der Waals surface area contributed by atoms with Crippen LogP contribution in [0.15, 0.2) is 18.2 Å². The number of amides is 1. The van der Waals surface area contributed by atoms with Crippen LogP contribution in [0.25, 0.3) is 0 Å². The maximum absolute atomic E-state index is 12.2. The second kappa shape index (κ2) is 5.53. The van der Waals surface area contributed by atoms with Gasteiger partial charge in [0.2, 0.25) is 0 Å². The van der Waals surface area contributed by atoms with Gasteiger partial charge < -0.3 is 15.1 Å². The van der Waals surface area contributed by atoms with Crippen LogP contribution in [0.1, 0.15) is 29.8 Å². The summed E-state index contributed by atoms with van der Waals surface area (Å²) in [5, 5.41) is 18.5. The minimum absolute atomic E-state index is 0.121. The van der Waals surface area contributed by atoms with E-state index in [1.807, 2.05) is 0 Å². The van der Waals surface area contributed by atoms with E-state index < -0.39 is 11.9 Å². The lowest BCUT2D eigenvalue weighted by Crippen LogP contribution is -2.40. The Bertz CT molecular complexity index is 468. The highest BCUT2D eigenvalue weighted by atomic mass is 16.4. The zero-order valence-electron chi connectivity index (χ0n) is 10.7. The third-order valence-electron chi connectivity index (χ3n) is 2.57. The molecule has 98 valence electrons. The lowest BCUT2D eigenvalue weighted by molar-refractivity contribution is -0.138. The van der Waals surface area contributed by atoms with E-state index in [1.165, 1.54) is 17.0 Å². The summed E-state index contributed by atoms with van der Waals surface area (Å²) >= 11 is 0. The lowest BCUT2D eigenvalue weighted by Gasteiger charge is -2.25. The van der Waals surface area contributed by atoms with E-state index >= 15 is 0 Å². The molecule has 0 saturated carbocycles. The molecule has 1 amide bonds. The third-order valence-corrected chi connectivity index (χ3v) is 2.57. The van der Waals surface area contributed by atoms with Crippen LogP contribution in [0.5, 0.6) is 5.75 Å². The first kappa shape index (κ1) is 14.0. The summed E-state index contributed by atoms with van der Waals surface area (Å²) in [5.41, 5.74) is 0.953. The SMILES string of the molecule is Cc1ccc(C(=O)N(CC(=O)O)C(C)C)c(O)c1. The number of carboxylic acids is 1. The molecule has 1 aromatic rings. The van der Waals surface area contributed by atoms with E-state index in [4.69, 9.17) is 5.11 Å². The molecule has 1 aromatic carbocycles. The molecule has 0 aliphatic rings. The molecular formula is C13H17NO4. The van der Waals surface area contributed by atoms with Gasteiger partial charge in [0.05, 0.1) is 5.56 Å². The lowest BCUT2D eigenvalue weighted by atomic mass is 10.1. The Morgan fingerprint density at radius 2 is 1.94 bits per heavy atom. The fourth-order valence-corrected chi connectivity index (χ4v) is 1.61. The largest absolute Gasteiger partial charge is 0.507 e. The highest BCUT2D eigenvalue weighted by Crippen LogP contribution is 2.21. The summed E-state index contributed by atoms with van der Waals surface area (Å²) in [6, 6.07) is 4.43. The number of aromatic hydroxyl groups is 1. The second-order valence-corrected chi connectivity index (χ2v) is 4.44. The number of carboxylic acid groups (broad SMARTS) is 1. The summed E-state index contributed by atoms with van der Waals surface area (Å²) in [6.07, 6.45) is 0. The molecule has 1 rings (SSSR count). The number of benzene rings is 1. The molecule has 0 saturated heterocycles. The summed E-state index contributed by atoms with van der Waals surface area (Å²) < 4.78 is 0. The smallest absolute Gasteiger partial charge is 0.323 e. The summed E-state index contributed by atoms with van der Waals surface area (Å²) in [7, 11) is 0. The summed E-state index contributed by atoms with van der Waals surface area (Å²) in [5.74, 6) is -1.69. The van der Waals surface area contributed by atoms with Gasteiger partial charge in [-0.3, -0.25) is 9.59 Å². The molecule has 0 atom stereocenters. The highest BCUT2D eigenvalue weighted by molar-refractivity contribution is 5.98. The van der Waals surface area contributed by atoms with E-state index in [1.54, 1.807) is 26.8 Å². The number of phenols is 1. The number of aliphatic carboxylic acids is 1. The van der Waals surface area contributed by atoms with Crippen LogP contribution < -0.4 is 0 Å². The Labute approximate surface area is 106 Å². The molecule has 0 bridgehead atoms. The van der Waals surface area contributed by atoms with Crippen molar-refractivity contribution in [1.82, 2.24) is 4.90 Å². The fourth-order valence-electron chi connectivity index (χ4n) is 1.61. The van der Waals surface area contributed by atoms with Gasteiger partial charge in [0.25, 0.3) is 5.91 Å². The van der Waals surface area contributed by atoms with E-state index in [0.717, 1.165) is 5.56 Å². The summed E-state index contributed by atoms with van der Waals surface area (Å²) in [6.45, 7) is 4.87. The molecule has 0 unspecified atom stereocenters. The normalized spacial score (nSPS) is 10.4. The van der Waals surface area contributed by atoms with Crippen molar-refractivity contribution in [1.29, 1.82) is 0 Å². The Balaban J connectivity index is 3.05. The molecule has 0 aliphatic carbocycles. The van der Waals surface area contributed by atoms with Crippen LogP contribution in [0.4, 0.5) is 0 Å². The highest BCUT2D eigenvalue weighted by Gasteiger charge is 2.23. The summed E-state index contributed by atoms with van der Waals surface area (Å²) in [4.78, 5) is 24.1. The zero-order valence-corrected chi connectivity index (χ0v) is 10.7. The number of phenolic OH excluding ortho intramolecular Hbond substituents is 1. The molecule has 0 radical (unpaired) electrons. The molecule has 0 aromatic heterocycles. The number of hydrogen-bond acceptors (Lipinski definition) is 3. The second-order valence-electron chi connectivity index (χ2n) is 4.44. The average molecular weight is 251 g/mol. The van der Waals surface area contributed by atoms with Crippen LogP contribution in [0.3, 0.4) is 0 Å². The van der Waals surface area contributed by atoms with E-state index in [9.17, 15) is 14.7 Å². The van der Waals surface area contributed by atoms with Crippen molar-refractivity contribution in [2.45, 2.75) is 26.8 Å².